The average Bonchev–Trinajstić information content (AvgIpc) is 2.84. The van der Waals surface area contributed by atoms with E-state index in [1.165, 1.54) is 0 Å². The summed E-state index contributed by atoms with van der Waals surface area (Å²) in [5.41, 5.74) is -0.844. The highest BCUT2D eigenvalue weighted by Gasteiger charge is 2.32. The van der Waals surface area contributed by atoms with Gasteiger partial charge in [-0.15, -0.1) is 0 Å². The summed E-state index contributed by atoms with van der Waals surface area (Å²) in [5, 5.41) is 16.3. The predicted molar refractivity (Wildman–Crippen MR) is 77.2 cm³/mol. The summed E-state index contributed by atoms with van der Waals surface area (Å²) < 4.78 is 5.21. The van der Waals surface area contributed by atoms with E-state index < -0.39 is 5.60 Å². The summed E-state index contributed by atoms with van der Waals surface area (Å²) in [5.74, 6) is 1.52. The Balaban J connectivity index is 2.09. The van der Waals surface area contributed by atoms with Crippen molar-refractivity contribution in [1.82, 2.24) is 15.0 Å². The molecular weight excluding hydrogens is 260 g/mol. The van der Waals surface area contributed by atoms with Crippen molar-refractivity contribution in [3.8, 4) is 0 Å². The smallest absolute Gasteiger partial charge is 0.231 e. The molecule has 1 fully saturated rings. The molecule has 1 unspecified atom stereocenters. The third-order valence-electron chi connectivity index (χ3n) is 3.02. The summed E-state index contributed by atoms with van der Waals surface area (Å²) in [4.78, 5) is 14.7. The Hall–Kier alpha value is -1.67. The fourth-order valence-electron chi connectivity index (χ4n) is 1.86. The summed E-state index contributed by atoms with van der Waals surface area (Å²) in [6.07, 6.45) is 0.617. The molecule has 8 heteroatoms. The first-order chi connectivity index (χ1) is 9.52. The van der Waals surface area contributed by atoms with Crippen molar-refractivity contribution < 1.29 is 9.84 Å². The van der Waals surface area contributed by atoms with Crippen LogP contribution in [0.4, 0.5) is 17.8 Å². The molecule has 1 aromatic heterocycles. The highest BCUT2D eigenvalue weighted by molar-refractivity contribution is 5.43. The third-order valence-corrected chi connectivity index (χ3v) is 3.02. The molecule has 112 valence electrons. The monoisotopic (exact) mass is 282 g/mol. The van der Waals surface area contributed by atoms with E-state index in [0.29, 0.717) is 44.0 Å². The highest BCUT2D eigenvalue weighted by atomic mass is 16.5. The third kappa shape index (κ3) is 3.67. The Morgan fingerprint density at radius 3 is 2.50 bits per heavy atom. The van der Waals surface area contributed by atoms with Crippen LogP contribution in [0.5, 0.6) is 0 Å². The van der Waals surface area contributed by atoms with Gasteiger partial charge in [0, 0.05) is 40.2 Å². The molecule has 20 heavy (non-hydrogen) atoms. The van der Waals surface area contributed by atoms with Gasteiger partial charge in [0.05, 0.1) is 6.61 Å². The average molecular weight is 282 g/mol. The van der Waals surface area contributed by atoms with Gasteiger partial charge in [-0.25, -0.2) is 0 Å². The van der Waals surface area contributed by atoms with Crippen LogP contribution in [0.2, 0.25) is 0 Å². The number of rotatable bonds is 6. The van der Waals surface area contributed by atoms with Gasteiger partial charge in [0.2, 0.25) is 17.8 Å². The van der Waals surface area contributed by atoms with Crippen molar-refractivity contribution in [3.05, 3.63) is 0 Å². The fraction of sp³-hybridized carbons (Fsp3) is 0.750. The number of aromatic nitrogens is 3. The predicted octanol–water partition coefficient (Wildman–Crippen LogP) is -0.0673. The van der Waals surface area contributed by atoms with E-state index in [1.54, 1.807) is 4.90 Å². The van der Waals surface area contributed by atoms with Crippen molar-refractivity contribution in [1.29, 1.82) is 0 Å². The van der Waals surface area contributed by atoms with Crippen LogP contribution in [0.3, 0.4) is 0 Å². The van der Waals surface area contributed by atoms with E-state index in [0.717, 1.165) is 6.54 Å². The second-order valence-corrected chi connectivity index (χ2v) is 5.09. The molecule has 1 aliphatic rings. The molecule has 3 N–H and O–H groups in total. The van der Waals surface area contributed by atoms with Crippen molar-refractivity contribution in [2.24, 2.45) is 0 Å². The van der Waals surface area contributed by atoms with E-state index in [9.17, 15) is 5.11 Å². The lowest BCUT2D eigenvalue weighted by Crippen LogP contribution is -2.37. The van der Waals surface area contributed by atoms with Crippen LogP contribution in [0, 0.1) is 0 Å². The maximum atomic E-state index is 10.2. The van der Waals surface area contributed by atoms with Crippen LogP contribution in [-0.4, -0.2) is 66.1 Å². The normalized spacial score (nSPS) is 21.8. The van der Waals surface area contributed by atoms with Crippen LogP contribution < -0.4 is 15.5 Å². The fourth-order valence-corrected chi connectivity index (χ4v) is 1.86. The van der Waals surface area contributed by atoms with Crippen molar-refractivity contribution in [2.45, 2.75) is 18.9 Å². The maximum absolute atomic E-state index is 10.2. The molecule has 1 atom stereocenters. The van der Waals surface area contributed by atoms with Crippen LogP contribution in [-0.2, 0) is 4.74 Å². The Morgan fingerprint density at radius 2 is 1.95 bits per heavy atom. The van der Waals surface area contributed by atoms with Gasteiger partial charge in [-0.3, -0.25) is 0 Å². The Labute approximate surface area is 118 Å². The van der Waals surface area contributed by atoms with E-state index in [1.807, 2.05) is 21.0 Å². The molecule has 2 rings (SSSR count). The first-order valence-corrected chi connectivity index (χ1v) is 6.74. The van der Waals surface area contributed by atoms with Gasteiger partial charge in [-0.05, 0) is 6.92 Å². The Morgan fingerprint density at radius 1 is 1.25 bits per heavy atom. The molecular formula is C12H22N6O2. The van der Waals surface area contributed by atoms with Gasteiger partial charge in [-0.1, -0.05) is 0 Å². The van der Waals surface area contributed by atoms with Crippen LogP contribution >= 0.6 is 0 Å². The highest BCUT2D eigenvalue weighted by Crippen LogP contribution is 2.19. The molecule has 1 aromatic rings. The molecule has 1 aliphatic heterocycles. The second kappa shape index (κ2) is 6.19. The lowest BCUT2D eigenvalue weighted by molar-refractivity contribution is 0.0380. The molecule has 0 aliphatic carbocycles. The minimum absolute atomic E-state index is 0.339. The minimum atomic E-state index is -0.844. The van der Waals surface area contributed by atoms with Gasteiger partial charge in [0.25, 0.3) is 0 Å². The zero-order valence-corrected chi connectivity index (χ0v) is 12.2. The number of nitrogens with one attached hydrogen (secondary N) is 2. The van der Waals surface area contributed by atoms with Crippen molar-refractivity contribution in [2.75, 3.05) is 55.9 Å². The number of nitrogens with zero attached hydrogens (tertiary/aromatic N) is 4. The Bertz CT molecular complexity index is 448. The number of aliphatic hydroxyl groups is 1. The molecule has 0 radical (unpaired) electrons. The maximum Gasteiger partial charge on any atom is 0.231 e. The SMILES string of the molecule is CCNc1nc(NCC2(O)CCOC2)nc(N(C)C)n1. The topological polar surface area (TPSA) is 95.4 Å². The molecule has 0 aromatic carbocycles. The molecule has 8 nitrogen and oxygen atoms in total. The molecule has 0 spiro atoms. The van der Waals surface area contributed by atoms with Gasteiger partial charge in [0.1, 0.15) is 5.60 Å². The first kappa shape index (κ1) is 14.7. The lowest BCUT2D eigenvalue weighted by Gasteiger charge is -2.21. The molecule has 2 heterocycles. The standard InChI is InChI=1S/C12H22N6O2/c1-4-13-9-15-10(17-11(16-9)18(2)3)14-7-12(19)5-6-20-8-12/h19H,4-8H2,1-3H3,(H2,13,14,15,16,17). The zero-order chi connectivity index (χ0) is 14.6. The zero-order valence-electron chi connectivity index (χ0n) is 12.2. The van der Waals surface area contributed by atoms with Crippen LogP contribution in [0.15, 0.2) is 0 Å². The summed E-state index contributed by atoms with van der Waals surface area (Å²) >= 11 is 0. The number of anilines is 3. The van der Waals surface area contributed by atoms with Gasteiger partial charge in [0.15, 0.2) is 0 Å². The van der Waals surface area contributed by atoms with E-state index in [-0.39, 0.29) is 0 Å². The summed E-state index contributed by atoms with van der Waals surface area (Å²) in [6.45, 7) is 3.99. The lowest BCUT2D eigenvalue weighted by atomic mass is 10.0. The van der Waals surface area contributed by atoms with Crippen LogP contribution in [0.1, 0.15) is 13.3 Å². The van der Waals surface area contributed by atoms with Gasteiger partial charge >= 0.3 is 0 Å². The first-order valence-electron chi connectivity index (χ1n) is 6.74. The van der Waals surface area contributed by atoms with E-state index in [4.69, 9.17) is 4.74 Å². The van der Waals surface area contributed by atoms with E-state index in [2.05, 4.69) is 25.6 Å². The molecule has 0 amide bonds. The number of hydrogen-bond acceptors (Lipinski definition) is 8. The van der Waals surface area contributed by atoms with Crippen LogP contribution in [0.25, 0.3) is 0 Å². The minimum Gasteiger partial charge on any atom is -0.386 e. The number of ether oxygens (including phenoxy) is 1. The second-order valence-electron chi connectivity index (χ2n) is 5.09. The molecule has 0 bridgehead atoms. The summed E-state index contributed by atoms with van der Waals surface area (Å²) in [7, 11) is 3.74. The van der Waals surface area contributed by atoms with Crippen molar-refractivity contribution >= 4 is 17.8 Å². The molecule has 1 saturated heterocycles. The quantitative estimate of drug-likeness (QED) is 0.667. The Kier molecular flexibility index (Phi) is 4.56. The van der Waals surface area contributed by atoms with Gasteiger partial charge in [-0.2, -0.15) is 15.0 Å². The van der Waals surface area contributed by atoms with Gasteiger partial charge < -0.3 is 25.4 Å². The number of hydrogen-bond donors (Lipinski definition) is 3. The van der Waals surface area contributed by atoms with Crippen molar-refractivity contribution in [3.63, 3.8) is 0 Å². The molecule has 0 saturated carbocycles. The van der Waals surface area contributed by atoms with E-state index >= 15 is 0 Å². The summed E-state index contributed by atoms with van der Waals surface area (Å²) in [6, 6.07) is 0. The largest absolute Gasteiger partial charge is 0.386 e.